The standard InChI is InChI=1S/C29H25ClN4O2/c30-21-14-16-22(17-15-21)31-28(35)27-26(20-9-3-1-4-10-20)24-13-7-8-18-33-25(32-34(27)29(24)33)19-36-23-11-5-2-6-12-23/h1-6,9-12,14-17H,7-8,13,18-19H2,(H,31,35). The Balaban J connectivity index is 1.49. The number of aryl methyl sites for hydroxylation is 2. The molecule has 1 N–H and O–H groups in total. The highest BCUT2D eigenvalue weighted by atomic mass is 35.5. The zero-order valence-corrected chi connectivity index (χ0v) is 20.4. The van der Waals surface area contributed by atoms with Gasteiger partial charge in [-0.3, -0.25) is 4.79 Å². The SMILES string of the molecule is O=C(Nc1ccc(Cl)cc1)c1c(-c2ccccc2)c2c3n(c(COc4ccccc4)nn13)CCCC2. The third kappa shape index (κ3) is 4.14. The molecule has 0 saturated carbocycles. The highest BCUT2D eigenvalue weighted by Gasteiger charge is 2.30. The number of anilines is 1. The highest BCUT2D eigenvalue weighted by Crippen LogP contribution is 2.37. The van der Waals surface area contributed by atoms with Crippen molar-refractivity contribution in [2.24, 2.45) is 0 Å². The first-order valence-corrected chi connectivity index (χ1v) is 12.5. The Morgan fingerprint density at radius 3 is 2.42 bits per heavy atom. The molecule has 0 unspecified atom stereocenters. The molecule has 0 radical (unpaired) electrons. The molecule has 1 aliphatic rings. The molecule has 5 aromatic rings. The van der Waals surface area contributed by atoms with E-state index in [0.717, 1.165) is 59.7 Å². The number of ether oxygens (including phenoxy) is 1. The van der Waals surface area contributed by atoms with E-state index in [2.05, 4.69) is 22.0 Å². The number of amides is 1. The number of carbonyl (C=O) groups excluding carboxylic acids is 1. The van der Waals surface area contributed by atoms with Gasteiger partial charge in [-0.15, -0.1) is 5.10 Å². The summed E-state index contributed by atoms with van der Waals surface area (Å²) in [7, 11) is 0. The molecule has 0 bridgehead atoms. The minimum Gasteiger partial charge on any atom is -0.486 e. The molecule has 36 heavy (non-hydrogen) atoms. The van der Waals surface area contributed by atoms with Crippen molar-refractivity contribution in [3.8, 4) is 16.9 Å². The Labute approximate surface area is 214 Å². The average molecular weight is 497 g/mol. The van der Waals surface area contributed by atoms with Crippen molar-refractivity contribution < 1.29 is 9.53 Å². The molecule has 3 aromatic carbocycles. The minimum atomic E-state index is -0.210. The van der Waals surface area contributed by atoms with Crippen molar-refractivity contribution >= 4 is 28.8 Å². The summed E-state index contributed by atoms with van der Waals surface area (Å²) in [6, 6.07) is 27.0. The molecule has 7 heteroatoms. The number of para-hydroxylation sites is 1. The number of hydrogen-bond donors (Lipinski definition) is 1. The number of rotatable bonds is 6. The van der Waals surface area contributed by atoms with E-state index in [1.54, 1.807) is 24.3 Å². The lowest BCUT2D eigenvalue weighted by Gasteiger charge is -2.10. The second-order valence-corrected chi connectivity index (χ2v) is 9.33. The summed E-state index contributed by atoms with van der Waals surface area (Å²) < 4.78 is 10.1. The van der Waals surface area contributed by atoms with E-state index in [1.807, 2.05) is 53.0 Å². The quantitative estimate of drug-likeness (QED) is 0.287. The van der Waals surface area contributed by atoms with Gasteiger partial charge in [0.05, 0.1) is 0 Å². The van der Waals surface area contributed by atoms with Gasteiger partial charge in [-0.25, -0.2) is 4.52 Å². The fourth-order valence-electron chi connectivity index (χ4n) is 4.92. The van der Waals surface area contributed by atoms with Crippen LogP contribution in [0.15, 0.2) is 84.9 Å². The maximum Gasteiger partial charge on any atom is 0.275 e. The molecule has 1 aliphatic heterocycles. The Morgan fingerprint density at radius 1 is 0.944 bits per heavy atom. The van der Waals surface area contributed by atoms with Gasteiger partial charge in [-0.1, -0.05) is 60.1 Å². The van der Waals surface area contributed by atoms with E-state index < -0.39 is 0 Å². The summed E-state index contributed by atoms with van der Waals surface area (Å²) in [5.41, 5.74) is 5.28. The van der Waals surface area contributed by atoms with Gasteiger partial charge < -0.3 is 14.6 Å². The van der Waals surface area contributed by atoms with E-state index in [-0.39, 0.29) is 5.91 Å². The molecule has 0 aliphatic carbocycles. The second kappa shape index (κ2) is 9.55. The van der Waals surface area contributed by atoms with E-state index >= 15 is 0 Å². The maximum absolute atomic E-state index is 13.8. The first kappa shape index (κ1) is 22.4. The number of halogens is 1. The van der Waals surface area contributed by atoms with Crippen LogP contribution in [-0.2, 0) is 19.6 Å². The number of nitrogens with one attached hydrogen (secondary N) is 1. The largest absolute Gasteiger partial charge is 0.486 e. The van der Waals surface area contributed by atoms with E-state index in [0.29, 0.717) is 23.0 Å². The fourth-order valence-corrected chi connectivity index (χ4v) is 5.05. The molecule has 0 spiro atoms. The normalized spacial score (nSPS) is 12.9. The van der Waals surface area contributed by atoms with Gasteiger partial charge in [-0.2, -0.15) is 0 Å². The Kier molecular flexibility index (Phi) is 5.95. The molecule has 0 saturated heterocycles. The lowest BCUT2D eigenvalue weighted by Crippen LogP contribution is -2.16. The molecule has 2 aromatic heterocycles. The van der Waals surface area contributed by atoms with Crippen LogP contribution in [-0.4, -0.2) is 20.1 Å². The molecular weight excluding hydrogens is 472 g/mol. The Hall–Kier alpha value is -4.03. The van der Waals surface area contributed by atoms with Crippen molar-refractivity contribution in [2.45, 2.75) is 32.4 Å². The van der Waals surface area contributed by atoms with Crippen LogP contribution < -0.4 is 10.1 Å². The van der Waals surface area contributed by atoms with Crippen molar-refractivity contribution in [3.63, 3.8) is 0 Å². The molecule has 1 amide bonds. The average Bonchev–Trinajstić information content (AvgIpc) is 3.31. The molecular formula is C29H25ClN4O2. The molecule has 0 atom stereocenters. The van der Waals surface area contributed by atoms with Crippen molar-refractivity contribution in [1.29, 1.82) is 0 Å². The minimum absolute atomic E-state index is 0.210. The van der Waals surface area contributed by atoms with Gasteiger partial charge in [0.25, 0.3) is 5.91 Å². The van der Waals surface area contributed by atoms with E-state index in [9.17, 15) is 4.79 Å². The van der Waals surface area contributed by atoms with Crippen LogP contribution in [0.5, 0.6) is 5.75 Å². The summed E-state index contributed by atoms with van der Waals surface area (Å²) in [5.74, 6) is 1.38. The monoisotopic (exact) mass is 496 g/mol. The van der Waals surface area contributed by atoms with Crippen LogP contribution in [0, 0.1) is 0 Å². The smallest absolute Gasteiger partial charge is 0.275 e. The van der Waals surface area contributed by atoms with Crippen molar-refractivity contribution in [1.82, 2.24) is 14.2 Å². The molecule has 6 rings (SSSR count). The topological polar surface area (TPSA) is 60.6 Å². The third-order valence-electron chi connectivity index (χ3n) is 6.55. The van der Waals surface area contributed by atoms with Crippen molar-refractivity contribution in [2.75, 3.05) is 5.32 Å². The van der Waals surface area contributed by atoms with E-state index in [1.165, 1.54) is 0 Å². The number of hydrogen-bond acceptors (Lipinski definition) is 3. The van der Waals surface area contributed by atoms with Crippen LogP contribution in [0.2, 0.25) is 5.02 Å². The lowest BCUT2D eigenvalue weighted by atomic mass is 9.98. The highest BCUT2D eigenvalue weighted by molar-refractivity contribution is 6.30. The van der Waals surface area contributed by atoms with Crippen LogP contribution in [0.25, 0.3) is 16.8 Å². The number of aromatic nitrogens is 3. The Morgan fingerprint density at radius 2 is 1.67 bits per heavy atom. The third-order valence-corrected chi connectivity index (χ3v) is 6.80. The predicted octanol–water partition coefficient (Wildman–Crippen LogP) is 6.62. The van der Waals surface area contributed by atoms with Crippen molar-refractivity contribution in [3.05, 3.63) is 107 Å². The summed E-state index contributed by atoms with van der Waals surface area (Å²) >= 11 is 6.05. The first-order valence-electron chi connectivity index (χ1n) is 12.1. The maximum atomic E-state index is 13.8. The Bertz CT molecular complexity index is 1520. The van der Waals surface area contributed by atoms with Gasteiger partial charge in [0, 0.05) is 28.4 Å². The number of nitrogens with zero attached hydrogens (tertiary/aromatic N) is 3. The number of carbonyl (C=O) groups is 1. The molecule has 6 nitrogen and oxygen atoms in total. The molecule has 3 heterocycles. The summed E-state index contributed by atoms with van der Waals surface area (Å²) in [6.45, 7) is 1.16. The van der Waals surface area contributed by atoms with Crippen LogP contribution in [0.4, 0.5) is 5.69 Å². The van der Waals surface area contributed by atoms with Gasteiger partial charge in [0.15, 0.2) is 5.82 Å². The van der Waals surface area contributed by atoms with Crippen LogP contribution >= 0.6 is 11.6 Å². The van der Waals surface area contributed by atoms with Gasteiger partial charge in [-0.05, 0) is 61.2 Å². The summed E-state index contributed by atoms with van der Waals surface area (Å²) in [4.78, 5) is 13.8. The lowest BCUT2D eigenvalue weighted by molar-refractivity contribution is 0.102. The van der Waals surface area contributed by atoms with Crippen LogP contribution in [0.1, 0.15) is 34.7 Å². The summed E-state index contributed by atoms with van der Waals surface area (Å²) in [6.07, 6.45) is 2.96. The summed E-state index contributed by atoms with van der Waals surface area (Å²) in [5, 5.41) is 8.61. The van der Waals surface area contributed by atoms with Crippen LogP contribution in [0.3, 0.4) is 0 Å². The second-order valence-electron chi connectivity index (χ2n) is 8.89. The number of benzene rings is 3. The fraction of sp³-hybridized carbons (Fsp3) is 0.172. The van der Waals surface area contributed by atoms with Gasteiger partial charge in [0.2, 0.25) is 0 Å². The zero-order valence-electron chi connectivity index (χ0n) is 19.7. The van der Waals surface area contributed by atoms with Gasteiger partial charge >= 0.3 is 0 Å². The molecule has 0 fully saturated rings. The van der Waals surface area contributed by atoms with E-state index in [4.69, 9.17) is 21.4 Å². The predicted molar refractivity (Wildman–Crippen MR) is 142 cm³/mol. The first-order chi connectivity index (χ1) is 17.7. The zero-order chi connectivity index (χ0) is 24.5. The van der Waals surface area contributed by atoms with Gasteiger partial charge in [0.1, 0.15) is 23.7 Å². The molecule has 180 valence electrons.